The number of thiophene rings is 1. The molecule has 2 aromatic heterocycles. The maximum absolute atomic E-state index is 13.9. The van der Waals surface area contributed by atoms with Gasteiger partial charge in [0.1, 0.15) is 5.82 Å². The molecule has 0 bridgehead atoms. The lowest BCUT2D eigenvalue weighted by Gasteiger charge is -2.12. The van der Waals surface area contributed by atoms with E-state index in [0.717, 1.165) is 16.6 Å². The zero-order valence-electron chi connectivity index (χ0n) is 16.3. The van der Waals surface area contributed by atoms with Crippen LogP contribution in [0.3, 0.4) is 0 Å². The molecule has 0 aliphatic rings. The number of rotatable bonds is 9. The Morgan fingerprint density at radius 3 is 2.83 bits per heavy atom. The number of benzene rings is 1. The van der Waals surface area contributed by atoms with Crippen molar-refractivity contribution in [2.75, 3.05) is 0 Å². The first-order chi connectivity index (χ1) is 14.0. The normalized spacial score (nSPS) is 11.4. The molecule has 1 N–H and O–H groups in total. The van der Waals surface area contributed by atoms with E-state index in [1.54, 1.807) is 29.5 Å². The van der Waals surface area contributed by atoms with E-state index in [1.807, 2.05) is 28.1 Å². The van der Waals surface area contributed by atoms with Gasteiger partial charge in [-0.05, 0) is 35.1 Å². The highest BCUT2D eigenvalue weighted by Crippen LogP contribution is 2.24. The third-order valence-corrected chi connectivity index (χ3v) is 5.87. The lowest BCUT2D eigenvalue weighted by molar-refractivity contribution is -0.116. The van der Waals surface area contributed by atoms with Crippen LogP contribution in [0.15, 0.2) is 53.0 Å². The number of hydrogen-bond donors (Lipinski definition) is 1. The summed E-state index contributed by atoms with van der Waals surface area (Å²) in [4.78, 5) is 13.1. The minimum atomic E-state index is -0.222. The number of halogens is 1. The molecule has 1 aromatic carbocycles. The molecule has 2 heterocycles. The van der Waals surface area contributed by atoms with E-state index >= 15 is 0 Å². The van der Waals surface area contributed by atoms with Gasteiger partial charge >= 0.3 is 0 Å². The maximum Gasteiger partial charge on any atom is 0.244 e. The van der Waals surface area contributed by atoms with Crippen LogP contribution in [0.5, 0.6) is 0 Å². The van der Waals surface area contributed by atoms with Crippen molar-refractivity contribution in [2.45, 2.75) is 37.8 Å². The molecule has 0 fully saturated rings. The summed E-state index contributed by atoms with van der Waals surface area (Å²) in [5, 5.41) is 14.1. The molecular weight excluding hydrogens is 407 g/mol. The quantitative estimate of drug-likeness (QED) is 0.393. The van der Waals surface area contributed by atoms with Gasteiger partial charge in [-0.1, -0.05) is 49.9 Å². The summed E-state index contributed by atoms with van der Waals surface area (Å²) >= 11 is 3.02. The molecule has 152 valence electrons. The predicted molar refractivity (Wildman–Crippen MR) is 116 cm³/mol. The second-order valence-electron chi connectivity index (χ2n) is 6.85. The average molecular weight is 431 g/mol. The van der Waals surface area contributed by atoms with Crippen LogP contribution in [0.4, 0.5) is 4.39 Å². The van der Waals surface area contributed by atoms with Crippen LogP contribution >= 0.6 is 23.1 Å². The van der Waals surface area contributed by atoms with Crippen LogP contribution in [0, 0.1) is 11.7 Å². The lowest BCUT2D eigenvalue weighted by atomic mass is 10.2. The van der Waals surface area contributed by atoms with Crippen molar-refractivity contribution in [1.82, 2.24) is 20.1 Å². The molecular formula is C21H23FN4OS2. The van der Waals surface area contributed by atoms with E-state index in [2.05, 4.69) is 29.4 Å². The number of aromatic nitrogens is 3. The topological polar surface area (TPSA) is 59.8 Å². The third kappa shape index (κ3) is 6.27. The number of nitrogens with one attached hydrogen (secondary N) is 1. The molecule has 0 radical (unpaired) electrons. The summed E-state index contributed by atoms with van der Waals surface area (Å²) in [6.45, 7) is 5.23. The van der Waals surface area contributed by atoms with E-state index in [-0.39, 0.29) is 18.3 Å². The number of hydrogen-bond acceptors (Lipinski definition) is 5. The predicted octanol–water partition coefficient (Wildman–Crippen LogP) is 4.76. The molecule has 0 atom stereocenters. The molecule has 1 amide bonds. The van der Waals surface area contributed by atoms with Gasteiger partial charge < -0.3 is 9.88 Å². The molecule has 0 saturated heterocycles. The summed E-state index contributed by atoms with van der Waals surface area (Å²) in [5.41, 5.74) is 0.630. The molecule has 29 heavy (non-hydrogen) atoms. The highest BCUT2D eigenvalue weighted by atomic mass is 32.2. The van der Waals surface area contributed by atoms with Crippen molar-refractivity contribution in [3.63, 3.8) is 0 Å². The Kier molecular flexibility index (Phi) is 7.60. The molecule has 0 aliphatic carbocycles. The number of nitrogens with zero attached hydrogens (tertiary/aromatic N) is 3. The van der Waals surface area contributed by atoms with Crippen molar-refractivity contribution < 1.29 is 9.18 Å². The standard InChI is InChI=1S/C21H23FN4OS2/c1-15(2)13-26-19(12-23-20(27)10-9-17-7-5-11-28-17)24-25-21(26)29-14-16-6-3-4-8-18(16)22/h3-11,15H,12-14H2,1-2H3,(H,23,27)/b10-9+. The Balaban J connectivity index is 1.65. The molecule has 0 unspecified atom stereocenters. The highest BCUT2D eigenvalue weighted by molar-refractivity contribution is 7.98. The van der Waals surface area contributed by atoms with Crippen molar-refractivity contribution in [2.24, 2.45) is 5.92 Å². The Morgan fingerprint density at radius 1 is 1.28 bits per heavy atom. The van der Waals surface area contributed by atoms with Gasteiger partial charge in [-0.2, -0.15) is 0 Å². The molecule has 5 nitrogen and oxygen atoms in total. The molecule has 3 rings (SSSR count). The monoisotopic (exact) mass is 430 g/mol. The fourth-order valence-corrected chi connectivity index (χ4v) is 4.20. The van der Waals surface area contributed by atoms with Gasteiger partial charge in [-0.15, -0.1) is 21.5 Å². The smallest absolute Gasteiger partial charge is 0.244 e. The fourth-order valence-electron chi connectivity index (χ4n) is 2.63. The van der Waals surface area contributed by atoms with Gasteiger partial charge in [0, 0.05) is 23.3 Å². The van der Waals surface area contributed by atoms with Crippen molar-refractivity contribution in [1.29, 1.82) is 0 Å². The first-order valence-electron chi connectivity index (χ1n) is 9.30. The van der Waals surface area contributed by atoms with Crippen molar-refractivity contribution in [3.8, 4) is 0 Å². The Hall–Kier alpha value is -2.45. The molecule has 3 aromatic rings. The van der Waals surface area contributed by atoms with E-state index in [1.165, 1.54) is 23.9 Å². The summed E-state index contributed by atoms with van der Waals surface area (Å²) in [5.74, 6) is 1.14. The lowest BCUT2D eigenvalue weighted by Crippen LogP contribution is -2.23. The molecule has 0 spiro atoms. The largest absolute Gasteiger partial charge is 0.345 e. The number of amides is 1. The fraction of sp³-hybridized carbons (Fsp3) is 0.286. The Labute approximate surface area is 178 Å². The second-order valence-corrected chi connectivity index (χ2v) is 8.77. The van der Waals surface area contributed by atoms with Crippen molar-refractivity contribution in [3.05, 3.63) is 69.9 Å². The average Bonchev–Trinajstić information content (AvgIpc) is 3.34. The highest BCUT2D eigenvalue weighted by Gasteiger charge is 2.15. The van der Waals surface area contributed by atoms with Crippen molar-refractivity contribution >= 4 is 35.1 Å². The number of thioether (sulfide) groups is 1. The molecule has 0 aliphatic heterocycles. The zero-order chi connectivity index (χ0) is 20.6. The van der Waals surface area contributed by atoms with Gasteiger partial charge in [0.15, 0.2) is 11.0 Å². The van der Waals surface area contributed by atoms with Gasteiger partial charge in [0.05, 0.1) is 6.54 Å². The van der Waals surface area contributed by atoms with Crippen LogP contribution in [0.2, 0.25) is 0 Å². The summed E-state index contributed by atoms with van der Waals surface area (Å²) in [6.07, 6.45) is 3.30. The van der Waals surface area contributed by atoms with Gasteiger partial charge in [0.25, 0.3) is 0 Å². The van der Waals surface area contributed by atoms with Crippen LogP contribution in [-0.4, -0.2) is 20.7 Å². The first-order valence-corrected chi connectivity index (χ1v) is 11.2. The van der Waals surface area contributed by atoms with E-state index < -0.39 is 0 Å². The Morgan fingerprint density at radius 2 is 2.10 bits per heavy atom. The van der Waals surface area contributed by atoms with Gasteiger partial charge in [0.2, 0.25) is 5.91 Å². The van der Waals surface area contributed by atoms with E-state index in [0.29, 0.717) is 23.1 Å². The minimum absolute atomic E-state index is 0.182. The van der Waals surface area contributed by atoms with E-state index in [9.17, 15) is 9.18 Å². The molecule has 0 saturated carbocycles. The van der Waals surface area contributed by atoms with Crippen LogP contribution in [0.25, 0.3) is 6.08 Å². The molecule has 8 heteroatoms. The Bertz CT molecular complexity index is 967. The number of carbonyl (C=O) groups is 1. The third-order valence-electron chi connectivity index (χ3n) is 4.02. The minimum Gasteiger partial charge on any atom is -0.345 e. The van der Waals surface area contributed by atoms with Crippen LogP contribution in [-0.2, 0) is 23.6 Å². The summed E-state index contributed by atoms with van der Waals surface area (Å²) < 4.78 is 15.9. The van der Waals surface area contributed by atoms with Crippen LogP contribution < -0.4 is 5.32 Å². The van der Waals surface area contributed by atoms with Crippen LogP contribution in [0.1, 0.15) is 30.1 Å². The summed E-state index contributed by atoms with van der Waals surface area (Å²) in [7, 11) is 0. The van der Waals surface area contributed by atoms with E-state index in [4.69, 9.17) is 0 Å². The van der Waals surface area contributed by atoms with Gasteiger partial charge in [-0.3, -0.25) is 4.79 Å². The second kappa shape index (κ2) is 10.4. The maximum atomic E-state index is 13.9. The zero-order valence-corrected chi connectivity index (χ0v) is 18.0. The first kappa shape index (κ1) is 21.3. The summed E-state index contributed by atoms with van der Waals surface area (Å²) in [6, 6.07) is 10.6. The SMILES string of the molecule is CC(C)Cn1c(CNC(=O)/C=C/c2cccs2)nnc1SCc1ccccc1F. The van der Waals surface area contributed by atoms with Gasteiger partial charge in [-0.25, -0.2) is 4.39 Å². The number of carbonyl (C=O) groups excluding carboxylic acids is 1.